The average molecular weight is 512 g/mol. The molecule has 9 heteroatoms. The van der Waals surface area contributed by atoms with Crippen molar-refractivity contribution in [2.24, 2.45) is 0 Å². The van der Waals surface area contributed by atoms with Gasteiger partial charge in [0.05, 0.1) is 11.5 Å². The van der Waals surface area contributed by atoms with Crippen LogP contribution in [0.3, 0.4) is 0 Å². The van der Waals surface area contributed by atoms with E-state index in [1.807, 2.05) is 13.8 Å². The number of hydrogen-bond donors (Lipinski definition) is 1. The zero-order chi connectivity index (χ0) is 26.1. The molecular weight excluding hydrogens is 470 g/mol. The molecule has 1 heterocycles. The Morgan fingerprint density at radius 3 is 2.37 bits per heavy atom. The molecule has 198 valence electrons. The predicted molar refractivity (Wildman–Crippen MR) is 136 cm³/mol. The summed E-state index contributed by atoms with van der Waals surface area (Å²) in [6, 6.07) is 4.80. The third-order valence-electron chi connectivity index (χ3n) is 6.56. The first-order valence-corrected chi connectivity index (χ1v) is 14.0. The minimum atomic E-state index is -4.34. The van der Waals surface area contributed by atoms with Gasteiger partial charge >= 0.3 is 5.97 Å². The van der Waals surface area contributed by atoms with Crippen LogP contribution in [-0.4, -0.2) is 51.6 Å². The van der Waals surface area contributed by atoms with Gasteiger partial charge in [-0.3, -0.25) is 9.35 Å². The van der Waals surface area contributed by atoms with Gasteiger partial charge < -0.3 is 19.1 Å². The van der Waals surface area contributed by atoms with Crippen molar-refractivity contribution in [2.75, 3.05) is 31.3 Å². The molecule has 0 aromatic heterocycles. The quantitative estimate of drug-likeness (QED) is 0.148. The van der Waals surface area contributed by atoms with Crippen molar-refractivity contribution in [3.8, 4) is 0 Å². The Hall–Kier alpha value is -1.94. The zero-order valence-corrected chi connectivity index (χ0v) is 22.5. The number of anilines is 1. The van der Waals surface area contributed by atoms with E-state index in [4.69, 9.17) is 14.2 Å². The van der Waals surface area contributed by atoms with Gasteiger partial charge in [-0.1, -0.05) is 19.8 Å². The maximum absolute atomic E-state index is 11.9. The first kappa shape index (κ1) is 29.3. The van der Waals surface area contributed by atoms with E-state index in [0.717, 1.165) is 42.5 Å². The third kappa shape index (κ3) is 8.03. The fourth-order valence-corrected chi connectivity index (χ4v) is 5.04. The van der Waals surface area contributed by atoms with Crippen molar-refractivity contribution in [3.63, 3.8) is 0 Å². The highest BCUT2D eigenvalue weighted by atomic mass is 32.2. The van der Waals surface area contributed by atoms with Crippen molar-refractivity contribution in [1.82, 2.24) is 0 Å². The van der Waals surface area contributed by atoms with Crippen LogP contribution in [0.25, 0.3) is 0 Å². The number of unbranched alkanes of at least 4 members (excludes halogenated alkanes) is 2. The van der Waals surface area contributed by atoms with Gasteiger partial charge in [-0.2, -0.15) is 8.42 Å². The molecule has 2 rings (SSSR count). The summed E-state index contributed by atoms with van der Waals surface area (Å²) in [7, 11) is -4.34. The topological polar surface area (TPSA) is 102 Å². The highest BCUT2D eigenvalue weighted by Gasteiger charge is 2.36. The monoisotopic (exact) mass is 511 g/mol. The average Bonchev–Trinajstić information content (AvgIpc) is 2.80. The molecule has 1 aliphatic heterocycles. The second-order valence-corrected chi connectivity index (χ2v) is 10.4. The molecule has 0 fully saturated rings. The number of rotatable bonds is 15. The lowest BCUT2D eigenvalue weighted by Crippen LogP contribution is -2.35. The first-order chi connectivity index (χ1) is 16.6. The summed E-state index contributed by atoms with van der Waals surface area (Å²) in [4.78, 5) is 13.6. The molecule has 0 saturated heterocycles. The fourth-order valence-electron chi connectivity index (χ4n) is 4.53. The largest absolute Gasteiger partial charge is 0.466 e. The van der Waals surface area contributed by atoms with Crippen molar-refractivity contribution < 1.29 is 32.0 Å². The van der Waals surface area contributed by atoms with E-state index in [1.54, 1.807) is 19.1 Å². The Morgan fingerprint density at radius 1 is 1.09 bits per heavy atom. The van der Waals surface area contributed by atoms with Crippen LogP contribution in [-0.2, 0) is 34.5 Å². The summed E-state index contributed by atoms with van der Waals surface area (Å²) in [6.07, 6.45) is 6.12. The number of allylic oxidation sites excluding steroid dienone is 1. The number of carbonyl (C=O) groups excluding carboxylic acids is 1. The van der Waals surface area contributed by atoms with Crippen LogP contribution in [0.4, 0.5) is 5.69 Å². The van der Waals surface area contributed by atoms with Gasteiger partial charge in [-0.05, 0) is 69.9 Å². The summed E-state index contributed by atoms with van der Waals surface area (Å²) in [5, 5.41) is 0. The molecule has 0 saturated carbocycles. The summed E-state index contributed by atoms with van der Waals surface area (Å²) in [5.41, 5.74) is 2.47. The van der Waals surface area contributed by atoms with Crippen LogP contribution < -0.4 is 4.90 Å². The Kier molecular flexibility index (Phi) is 11.2. The van der Waals surface area contributed by atoms with E-state index in [0.29, 0.717) is 39.2 Å². The smallest absolute Gasteiger partial charge is 0.305 e. The molecular formula is C26H41NO7S. The molecule has 0 spiro atoms. The molecule has 8 nitrogen and oxygen atoms in total. The Morgan fingerprint density at radius 2 is 1.77 bits per heavy atom. The highest BCUT2D eigenvalue weighted by molar-refractivity contribution is 7.85. The number of esters is 1. The minimum absolute atomic E-state index is 0.110. The van der Waals surface area contributed by atoms with Gasteiger partial charge in [-0.15, -0.1) is 0 Å². The van der Waals surface area contributed by atoms with Gasteiger partial charge in [0.25, 0.3) is 10.1 Å². The number of nitrogens with zero attached hydrogens (tertiary/aromatic N) is 1. The number of hydrogen-bond acceptors (Lipinski definition) is 7. The van der Waals surface area contributed by atoms with Crippen molar-refractivity contribution in [2.45, 2.75) is 89.7 Å². The van der Waals surface area contributed by atoms with E-state index >= 15 is 0 Å². The maximum atomic E-state index is 11.9. The number of carbonyl (C=O) groups is 1. The lowest BCUT2D eigenvalue weighted by atomic mass is 9.70. The van der Waals surface area contributed by atoms with E-state index < -0.39 is 15.5 Å². The van der Waals surface area contributed by atoms with Crippen molar-refractivity contribution >= 4 is 21.8 Å². The van der Waals surface area contributed by atoms with E-state index in [1.165, 1.54) is 6.07 Å². The maximum Gasteiger partial charge on any atom is 0.305 e. The lowest BCUT2D eigenvalue weighted by Gasteiger charge is -2.41. The van der Waals surface area contributed by atoms with Gasteiger partial charge in [0.1, 0.15) is 0 Å². The molecule has 1 unspecified atom stereocenters. The van der Waals surface area contributed by atoms with Crippen molar-refractivity contribution in [3.05, 3.63) is 35.5 Å². The van der Waals surface area contributed by atoms with Crippen LogP contribution in [0.5, 0.6) is 0 Å². The van der Waals surface area contributed by atoms with Gasteiger partial charge in [0.15, 0.2) is 6.29 Å². The molecule has 1 N–H and O–H groups in total. The van der Waals surface area contributed by atoms with Crippen LogP contribution in [0, 0.1) is 0 Å². The fraction of sp³-hybridized carbons (Fsp3) is 0.654. The number of fused-ring (bicyclic) bond motifs is 1. The summed E-state index contributed by atoms with van der Waals surface area (Å²) in [5.74, 6) is -0.177. The standard InChI is InChI=1S/C26H41NO7S/c1-6-32-24(28)12-10-9-11-16-26(5)20(4)19-27(17-15-25(33-7-2)34-8-3)23-14-13-21(18-22(23)26)35(29,30)31/h13-14,18-19,25H,6-12,15-17H2,1-5H3,(H,29,30,31). The second kappa shape index (κ2) is 13.4. The summed E-state index contributed by atoms with van der Waals surface area (Å²) >= 11 is 0. The molecule has 1 aromatic rings. The van der Waals surface area contributed by atoms with Gasteiger partial charge in [-0.25, -0.2) is 0 Å². The van der Waals surface area contributed by atoms with E-state index in [2.05, 4.69) is 24.9 Å². The third-order valence-corrected chi connectivity index (χ3v) is 7.41. The van der Waals surface area contributed by atoms with Gasteiger partial charge in [0.2, 0.25) is 0 Å². The molecule has 35 heavy (non-hydrogen) atoms. The van der Waals surface area contributed by atoms with E-state index in [9.17, 15) is 17.8 Å². The van der Waals surface area contributed by atoms with Crippen molar-refractivity contribution in [1.29, 1.82) is 0 Å². The Balaban J connectivity index is 2.26. The molecule has 0 radical (unpaired) electrons. The molecule has 0 amide bonds. The number of benzene rings is 1. The molecule has 1 aromatic carbocycles. The highest BCUT2D eigenvalue weighted by Crippen LogP contribution is 2.46. The van der Waals surface area contributed by atoms with E-state index in [-0.39, 0.29) is 17.2 Å². The van der Waals surface area contributed by atoms with Crippen LogP contribution in [0.1, 0.15) is 78.7 Å². The Labute approximate surface area is 210 Å². The summed E-state index contributed by atoms with van der Waals surface area (Å²) in [6.45, 7) is 12.0. The van der Waals surface area contributed by atoms with Gasteiger partial charge in [0, 0.05) is 49.9 Å². The summed E-state index contributed by atoms with van der Waals surface area (Å²) < 4.78 is 49.9. The Bertz CT molecular complexity index is 970. The SMILES string of the molecule is CCOC(=O)CCCCCC1(C)C(C)=CN(CCC(OCC)OCC)c2ccc(S(=O)(=O)O)cc21. The minimum Gasteiger partial charge on any atom is -0.466 e. The zero-order valence-electron chi connectivity index (χ0n) is 21.7. The lowest BCUT2D eigenvalue weighted by molar-refractivity contribution is -0.143. The van der Waals surface area contributed by atoms with Crippen LogP contribution in [0.2, 0.25) is 0 Å². The first-order valence-electron chi connectivity index (χ1n) is 12.5. The number of ether oxygens (including phenoxy) is 3. The normalized spacial score (nSPS) is 17.9. The van der Waals surface area contributed by atoms with Crippen LogP contribution in [0.15, 0.2) is 34.9 Å². The predicted octanol–water partition coefficient (Wildman–Crippen LogP) is 5.22. The van der Waals surface area contributed by atoms with Crippen LogP contribution >= 0.6 is 0 Å². The molecule has 0 bridgehead atoms. The molecule has 0 aliphatic carbocycles. The molecule has 1 aliphatic rings. The molecule has 1 atom stereocenters. The second-order valence-electron chi connectivity index (χ2n) is 8.99.